The minimum absolute atomic E-state index is 0.401. The van der Waals surface area contributed by atoms with Gasteiger partial charge in [0.25, 0.3) is 0 Å². The van der Waals surface area contributed by atoms with Crippen LogP contribution in [0.1, 0.15) is 18.3 Å². The molecule has 0 N–H and O–H groups in total. The highest BCUT2D eigenvalue weighted by Crippen LogP contribution is 2.32. The minimum Gasteiger partial charge on any atom is -0.490 e. The molecule has 0 saturated carbocycles. The van der Waals surface area contributed by atoms with Crippen LogP contribution < -0.4 is 9.47 Å². The number of alkyl halides is 1. The molecule has 0 amide bonds. The third-order valence-electron chi connectivity index (χ3n) is 3.00. The van der Waals surface area contributed by atoms with Crippen molar-refractivity contribution in [2.45, 2.75) is 19.2 Å². The zero-order valence-corrected chi connectivity index (χ0v) is 12.6. The average Bonchev–Trinajstić information content (AvgIpc) is 2.86. The Morgan fingerprint density at radius 2 is 2.15 bits per heavy atom. The molecular formula is C15H19ClN2O2. The molecule has 4 nitrogen and oxygen atoms in total. The van der Waals surface area contributed by atoms with E-state index < -0.39 is 0 Å². The van der Waals surface area contributed by atoms with Gasteiger partial charge in [-0.15, -0.1) is 11.6 Å². The van der Waals surface area contributed by atoms with Gasteiger partial charge in [0.05, 0.1) is 19.1 Å². The first-order chi connectivity index (χ1) is 9.76. The molecule has 1 heterocycles. The number of hydrogen-bond donors (Lipinski definition) is 0. The van der Waals surface area contributed by atoms with E-state index in [4.69, 9.17) is 21.1 Å². The van der Waals surface area contributed by atoms with Crippen molar-refractivity contribution in [2.75, 3.05) is 13.2 Å². The van der Waals surface area contributed by atoms with Crippen LogP contribution in [0.15, 0.2) is 30.6 Å². The Balaban J connectivity index is 2.05. The van der Waals surface area contributed by atoms with E-state index >= 15 is 0 Å². The Hall–Kier alpha value is -1.68. The molecule has 0 aliphatic rings. The first-order valence-corrected chi connectivity index (χ1v) is 7.19. The normalized spacial score (nSPS) is 10.6. The Morgan fingerprint density at radius 3 is 2.80 bits per heavy atom. The van der Waals surface area contributed by atoms with Gasteiger partial charge in [0.1, 0.15) is 5.82 Å². The molecular weight excluding hydrogens is 276 g/mol. The molecule has 0 radical (unpaired) electrons. The van der Waals surface area contributed by atoms with Crippen molar-refractivity contribution in [3.63, 3.8) is 0 Å². The summed E-state index contributed by atoms with van der Waals surface area (Å²) in [6.07, 6.45) is 4.45. The number of benzene rings is 1. The molecule has 2 rings (SSSR count). The lowest BCUT2D eigenvalue weighted by molar-refractivity contribution is 0.275. The number of ether oxygens (including phenoxy) is 2. The lowest BCUT2D eigenvalue weighted by Crippen LogP contribution is -2.08. The van der Waals surface area contributed by atoms with E-state index in [0.29, 0.717) is 19.1 Å². The van der Waals surface area contributed by atoms with Gasteiger partial charge in [-0.05, 0) is 13.0 Å². The summed E-state index contributed by atoms with van der Waals surface area (Å²) >= 11 is 5.96. The van der Waals surface area contributed by atoms with E-state index in [-0.39, 0.29) is 0 Å². The average molecular weight is 295 g/mol. The number of hydrogen-bond acceptors (Lipinski definition) is 3. The molecule has 0 aliphatic heterocycles. The highest BCUT2D eigenvalue weighted by molar-refractivity contribution is 6.17. The van der Waals surface area contributed by atoms with Gasteiger partial charge >= 0.3 is 0 Å². The molecule has 0 unspecified atom stereocenters. The molecule has 0 aliphatic carbocycles. The summed E-state index contributed by atoms with van der Waals surface area (Å²) in [5.74, 6) is 2.87. The summed E-state index contributed by atoms with van der Waals surface area (Å²) in [6.45, 7) is 3.09. The molecule has 1 aromatic heterocycles. The second kappa shape index (κ2) is 7.20. The van der Waals surface area contributed by atoms with Crippen LogP contribution in [0.25, 0.3) is 0 Å². The van der Waals surface area contributed by atoms with Crippen molar-refractivity contribution in [2.24, 2.45) is 7.05 Å². The first kappa shape index (κ1) is 14.7. The molecule has 1 aromatic carbocycles. The van der Waals surface area contributed by atoms with Crippen LogP contribution in [0.5, 0.6) is 11.5 Å². The lowest BCUT2D eigenvalue weighted by atomic mass is 10.2. The third kappa shape index (κ3) is 3.45. The van der Waals surface area contributed by atoms with Crippen LogP contribution in [0.2, 0.25) is 0 Å². The van der Waals surface area contributed by atoms with Crippen LogP contribution in [0, 0.1) is 0 Å². The maximum Gasteiger partial charge on any atom is 0.165 e. The van der Waals surface area contributed by atoms with Crippen molar-refractivity contribution in [3.8, 4) is 11.5 Å². The van der Waals surface area contributed by atoms with Gasteiger partial charge < -0.3 is 14.0 Å². The van der Waals surface area contributed by atoms with Crippen LogP contribution in [0.4, 0.5) is 0 Å². The summed E-state index contributed by atoms with van der Waals surface area (Å²) in [5, 5.41) is 0. The number of para-hydroxylation sites is 1. The predicted octanol–water partition coefficient (Wildman–Crippen LogP) is 3.18. The largest absolute Gasteiger partial charge is 0.490 e. The third-order valence-corrected chi connectivity index (χ3v) is 3.29. The van der Waals surface area contributed by atoms with Crippen molar-refractivity contribution < 1.29 is 9.47 Å². The van der Waals surface area contributed by atoms with Gasteiger partial charge in [-0.3, -0.25) is 0 Å². The summed E-state index contributed by atoms with van der Waals surface area (Å²) in [4.78, 5) is 4.27. The monoisotopic (exact) mass is 294 g/mol. The standard InChI is InChI=1S/C15H19ClN2O2/c1-3-19-13-6-4-5-12(11-16)15(13)20-10-7-14-17-8-9-18(14)2/h4-6,8-9H,3,7,10-11H2,1-2H3. The fourth-order valence-electron chi connectivity index (χ4n) is 1.98. The van der Waals surface area contributed by atoms with Gasteiger partial charge in [-0.25, -0.2) is 4.98 Å². The summed E-state index contributed by atoms with van der Waals surface area (Å²) in [7, 11) is 1.97. The summed E-state index contributed by atoms with van der Waals surface area (Å²) in [5.41, 5.74) is 0.942. The molecule has 108 valence electrons. The number of imidazole rings is 1. The molecule has 0 bridgehead atoms. The van der Waals surface area contributed by atoms with Crippen LogP contribution in [0.3, 0.4) is 0 Å². The Labute approximate surface area is 124 Å². The van der Waals surface area contributed by atoms with Crippen LogP contribution >= 0.6 is 11.6 Å². The predicted molar refractivity (Wildman–Crippen MR) is 79.6 cm³/mol. The topological polar surface area (TPSA) is 36.3 Å². The fraction of sp³-hybridized carbons (Fsp3) is 0.400. The maximum absolute atomic E-state index is 5.96. The van der Waals surface area contributed by atoms with Gasteiger partial charge in [-0.2, -0.15) is 0 Å². The zero-order chi connectivity index (χ0) is 14.4. The van der Waals surface area contributed by atoms with E-state index in [1.807, 2.05) is 42.9 Å². The van der Waals surface area contributed by atoms with Crippen LogP contribution in [-0.2, 0) is 19.3 Å². The summed E-state index contributed by atoms with van der Waals surface area (Å²) < 4.78 is 13.5. The van der Waals surface area contributed by atoms with Gasteiger partial charge in [0, 0.05) is 31.4 Å². The Bertz CT molecular complexity index is 555. The quantitative estimate of drug-likeness (QED) is 0.736. The first-order valence-electron chi connectivity index (χ1n) is 6.66. The van der Waals surface area contributed by atoms with Crippen LogP contribution in [-0.4, -0.2) is 22.8 Å². The Morgan fingerprint density at radius 1 is 1.30 bits per heavy atom. The van der Waals surface area contributed by atoms with Gasteiger partial charge in [-0.1, -0.05) is 12.1 Å². The fourth-order valence-corrected chi connectivity index (χ4v) is 2.19. The highest BCUT2D eigenvalue weighted by Gasteiger charge is 2.11. The summed E-state index contributed by atoms with van der Waals surface area (Å²) in [6, 6.07) is 5.77. The number of rotatable bonds is 7. The van der Waals surface area contributed by atoms with E-state index in [9.17, 15) is 0 Å². The molecule has 2 aromatic rings. The van der Waals surface area contributed by atoms with Gasteiger partial charge in [0.2, 0.25) is 0 Å². The lowest BCUT2D eigenvalue weighted by Gasteiger charge is -2.14. The minimum atomic E-state index is 0.401. The second-order valence-corrected chi connectivity index (χ2v) is 4.63. The SMILES string of the molecule is CCOc1cccc(CCl)c1OCCc1nccn1C. The number of halogens is 1. The molecule has 0 atom stereocenters. The van der Waals surface area contributed by atoms with E-state index in [1.54, 1.807) is 6.20 Å². The molecule has 5 heteroatoms. The molecule has 0 saturated heterocycles. The van der Waals surface area contributed by atoms with Crippen molar-refractivity contribution in [1.29, 1.82) is 0 Å². The van der Waals surface area contributed by atoms with Crippen molar-refractivity contribution >= 4 is 11.6 Å². The Kier molecular flexibility index (Phi) is 5.30. The zero-order valence-electron chi connectivity index (χ0n) is 11.8. The highest BCUT2D eigenvalue weighted by atomic mass is 35.5. The maximum atomic E-state index is 5.96. The van der Waals surface area contributed by atoms with Crippen molar-refractivity contribution in [1.82, 2.24) is 9.55 Å². The van der Waals surface area contributed by atoms with E-state index in [2.05, 4.69) is 4.98 Å². The molecule has 0 fully saturated rings. The molecule has 20 heavy (non-hydrogen) atoms. The number of nitrogens with zero attached hydrogens (tertiary/aromatic N) is 2. The molecule has 0 spiro atoms. The number of aryl methyl sites for hydroxylation is 1. The van der Waals surface area contributed by atoms with Gasteiger partial charge in [0.15, 0.2) is 11.5 Å². The smallest absolute Gasteiger partial charge is 0.165 e. The van der Waals surface area contributed by atoms with E-state index in [0.717, 1.165) is 29.3 Å². The van der Waals surface area contributed by atoms with E-state index in [1.165, 1.54) is 0 Å². The second-order valence-electron chi connectivity index (χ2n) is 4.36. The van der Waals surface area contributed by atoms with Crippen molar-refractivity contribution in [3.05, 3.63) is 42.0 Å². The number of aromatic nitrogens is 2.